The van der Waals surface area contributed by atoms with E-state index in [1.165, 1.54) is 0 Å². The van der Waals surface area contributed by atoms with E-state index in [4.69, 9.17) is 48.4 Å². The Kier molecular flexibility index (Phi) is 9.08. The molecule has 13 heteroatoms. The van der Waals surface area contributed by atoms with Gasteiger partial charge in [-0.2, -0.15) is 22.2 Å². The Morgan fingerprint density at radius 1 is 0.448 bits per heavy atom. The number of rotatable bonds is 8. The van der Waals surface area contributed by atoms with Gasteiger partial charge in [0.25, 0.3) is 14.3 Å². The number of halogens is 4. The molecule has 0 spiro atoms. The zero-order valence-electron chi connectivity index (χ0n) is 20.7. The van der Waals surface area contributed by atoms with Crippen LogP contribution in [0.3, 0.4) is 0 Å². The van der Waals surface area contributed by atoms with Crippen LogP contribution in [0.5, 0.6) is 0 Å². The lowest BCUT2D eigenvalue weighted by molar-refractivity contribution is 0.611. The van der Waals surface area contributed by atoms with Crippen molar-refractivity contribution in [3.8, 4) is 0 Å². The summed E-state index contributed by atoms with van der Waals surface area (Å²) in [5, 5.41) is 0. The lowest BCUT2D eigenvalue weighted by Crippen LogP contribution is -2.74. The van der Waals surface area contributed by atoms with Crippen molar-refractivity contribution in [2.24, 2.45) is 0 Å². The van der Waals surface area contributed by atoms with E-state index >= 15 is 0 Å². The zero-order chi connectivity index (χ0) is 23.5. The highest BCUT2D eigenvalue weighted by atomic mass is 35.6. The first-order valence-electron chi connectivity index (χ1n) is 10.7. The third-order valence-corrected chi connectivity index (χ3v) is 107. The lowest BCUT2D eigenvalue weighted by atomic mass is 11.7. The molecular weight excluding hydrogens is 575 g/mol. The summed E-state index contributed by atoms with van der Waals surface area (Å²) in [7, 11) is -11.3. The van der Waals surface area contributed by atoms with Gasteiger partial charge in [-0.25, -0.2) is 0 Å². The van der Waals surface area contributed by atoms with Gasteiger partial charge in [0, 0.05) is 32.3 Å². The van der Waals surface area contributed by atoms with Crippen LogP contribution < -0.4 is 0 Å². The summed E-state index contributed by atoms with van der Waals surface area (Å²) < 4.78 is 7.19. The third kappa shape index (κ3) is 7.17. The maximum Gasteiger partial charge on any atom is 0.277 e. The van der Waals surface area contributed by atoms with Gasteiger partial charge in [0.1, 0.15) is 0 Å². The minimum absolute atomic E-state index is 1.02. The largest absolute Gasteiger partial charge is 0.436 e. The molecule has 1 nitrogen and oxygen atoms in total. The fourth-order valence-electron chi connectivity index (χ4n) is 4.73. The molecule has 0 aliphatic carbocycles. The third-order valence-electron chi connectivity index (χ3n) is 5.20. The molecule has 0 amide bonds. The van der Waals surface area contributed by atoms with Crippen molar-refractivity contribution >= 4 is 104 Å². The van der Waals surface area contributed by atoms with Gasteiger partial charge in [0.15, 0.2) is 0 Å². The van der Waals surface area contributed by atoms with Crippen LogP contribution in [0, 0.1) is 0 Å². The average Bonchev–Trinajstić information content (AvgIpc) is 2.36. The molecule has 0 N–H and O–H groups in total. The Morgan fingerprint density at radius 3 is 0.828 bits per heavy atom. The van der Waals surface area contributed by atoms with Crippen LogP contribution in [0.4, 0.5) is 0 Å². The van der Waals surface area contributed by atoms with Crippen molar-refractivity contribution < 1.29 is 4.12 Å². The fraction of sp³-hybridized carbons (Fsp3) is 1.00. The second-order valence-electron chi connectivity index (χ2n) is 14.1. The number of hydrogen-bond acceptors (Lipinski definition) is 1. The molecule has 0 aromatic carbocycles. The first-order valence-corrected chi connectivity index (χ1v) is 41.3. The van der Waals surface area contributed by atoms with Crippen molar-refractivity contribution in [1.29, 1.82) is 0 Å². The molecule has 0 saturated carbocycles. The Morgan fingerprint density at radius 2 is 0.655 bits per heavy atom. The van der Waals surface area contributed by atoms with Gasteiger partial charge in [0.2, 0.25) is 12.8 Å². The van der Waals surface area contributed by atoms with Crippen LogP contribution in [0.25, 0.3) is 0 Å². The summed E-state index contributed by atoms with van der Waals surface area (Å²) in [6, 6.07) is 0. The van der Waals surface area contributed by atoms with Crippen molar-refractivity contribution in [3.63, 3.8) is 0 Å². The molecule has 1 aliphatic rings. The van der Waals surface area contributed by atoms with Crippen molar-refractivity contribution in [2.45, 2.75) is 101 Å². The molecule has 0 aromatic heterocycles. The Hall–Kier alpha value is 2.86. The topological polar surface area (TPSA) is 9.23 Å². The maximum absolute atomic E-state index is 8.01. The summed E-state index contributed by atoms with van der Waals surface area (Å²) >= 11 is 31.5. The first-order chi connectivity index (χ1) is 12.3. The molecule has 1 aliphatic heterocycles. The number of hydrogen-bond donors (Lipinski definition) is 0. The van der Waals surface area contributed by atoms with E-state index in [1.54, 1.807) is 0 Å². The monoisotopic (exact) mass is 616 g/mol. The maximum atomic E-state index is 8.01. The standard InChI is InChI=1S/C16H44Cl4OSi8/c1-22(2,3)13-26(17)21-27(18,14-23(4,5)6)29(20,16-25(10,11)12)28(26,19)15-24(7,8)9/h13-16H2,1-12H3. The highest BCUT2D eigenvalue weighted by Crippen LogP contribution is 2.60. The van der Waals surface area contributed by atoms with Gasteiger partial charge in [-0.05, 0) is 22.7 Å². The summed E-state index contributed by atoms with van der Waals surface area (Å²) in [4.78, 5) is 0. The van der Waals surface area contributed by atoms with E-state index in [1.807, 2.05) is 0 Å². The molecule has 174 valence electrons. The highest BCUT2D eigenvalue weighted by Gasteiger charge is 2.84. The van der Waals surface area contributed by atoms with Crippen molar-refractivity contribution in [3.05, 3.63) is 0 Å². The molecule has 4 unspecified atom stereocenters. The summed E-state index contributed by atoms with van der Waals surface area (Å²) in [6.45, 7) is 29.0. The Balaban J connectivity index is 3.82. The van der Waals surface area contributed by atoms with Crippen LogP contribution in [-0.4, -0.2) is 59.4 Å². The van der Waals surface area contributed by atoms with Crippen molar-refractivity contribution in [1.82, 2.24) is 0 Å². The van der Waals surface area contributed by atoms with Gasteiger partial charge in [-0.15, -0.1) is 22.2 Å². The minimum atomic E-state index is -2.68. The first kappa shape index (κ1) is 29.9. The second-order valence-corrected chi connectivity index (χ2v) is 78.5. The Labute approximate surface area is 207 Å². The summed E-state index contributed by atoms with van der Waals surface area (Å²) in [5.74, 6) is 0. The Bertz CT molecular complexity index is 562. The molecular formula is C16H44Cl4OSi8. The second kappa shape index (κ2) is 8.82. The van der Waals surface area contributed by atoms with Crippen LogP contribution in [0.1, 0.15) is 0 Å². The molecule has 1 saturated heterocycles. The van der Waals surface area contributed by atoms with Gasteiger partial charge in [-0.3, -0.25) is 0 Å². The smallest absolute Gasteiger partial charge is 0.277 e. The SMILES string of the molecule is C[Si](C)(C)C[Si]1(Cl)O[Si](Cl)(C[Si](C)(C)C)[Si](Cl)(C[Si](C)(C)C)[Si]1(Cl)C[Si](C)(C)C. The van der Waals surface area contributed by atoms with Gasteiger partial charge in [0.05, 0.1) is 0 Å². The molecule has 0 radical (unpaired) electrons. The minimum Gasteiger partial charge on any atom is -0.436 e. The van der Waals surface area contributed by atoms with Gasteiger partial charge >= 0.3 is 0 Å². The zero-order valence-corrected chi connectivity index (χ0v) is 31.8. The van der Waals surface area contributed by atoms with E-state index in [2.05, 4.69) is 78.6 Å². The molecule has 1 heterocycles. The van der Waals surface area contributed by atoms with E-state index < -0.39 is 59.4 Å². The van der Waals surface area contributed by atoms with Gasteiger partial charge < -0.3 is 4.12 Å². The average molecular weight is 619 g/mol. The van der Waals surface area contributed by atoms with E-state index in [-0.39, 0.29) is 0 Å². The molecule has 4 atom stereocenters. The van der Waals surface area contributed by atoms with E-state index in [0.717, 1.165) is 22.7 Å². The molecule has 1 rings (SSSR count). The predicted octanol–water partition coefficient (Wildman–Crippen LogP) is 8.49. The van der Waals surface area contributed by atoms with E-state index in [0.29, 0.717) is 0 Å². The normalized spacial score (nSPS) is 37.2. The highest BCUT2D eigenvalue weighted by molar-refractivity contribution is 8.12. The quantitative estimate of drug-likeness (QED) is 0.196. The van der Waals surface area contributed by atoms with Crippen LogP contribution >= 0.6 is 44.3 Å². The molecule has 29 heavy (non-hydrogen) atoms. The van der Waals surface area contributed by atoms with Crippen LogP contribution in [0.15, 0.2) is 0 Å². The lowest BCUT2D eigenvalue weighted by Gasteiger charge is -2.45. The van der Waals surface area contributed by atoms with Crippen LogP contribution in [-0.2, 0) is 4.12 Å². The van der Waals surface area contributed by atoms with E-state index in [9.17, 15) is 0 Å². The predicted molar refractivity (Wildman–Crippen MR) is 160 cm³/mol. The summed E-state index contributed by atoms with van der Waals surface area (Å²) in [6.07, 6.45) is -5.08. The fourth-order valence-corrected chi connectivity index (χ4v) is 183. The molecule has 0 aromatic rings. The molecule has 1 fully saturated rings. The van der Waals surface area contributed by atoms with Crippen LogP contribution in [0.2, 0.25) is 101 Å². The van der Waals surface area contributed by atoms with Gasteiger partial charge in [-0.1, -0.05) is 78.6 Å². The van der Waals surface area contributed by atoms with Crippen molar-refractivity contribution in [2.75, 3.05) is 0 Å². The summed E-state index contributed by atoms with van der Waals surface area (Å²) in [5.41, 5.74) is 4.22. The molecule has 0 bridgehead atoms.